The van der Waals surface area contributed by atoms with Crippen molar-refractivity contribution in [3.63, 3.8) is 0 Å². The van der Waals surface area contributed by atoms with Gasteiger partial charge in [-0.3, -0.25) is 0 Å². The highest BCUT2D eigenvalue weighted by Crippen LogP contribution is 2.08. The predicted octanol–water partition coefficient (Wildman–Crippen LogP) is 6.02. The molecule has 0 N–H and O–H groups in total. The van der Waals surface area contributed by atoms with Crippen LogP contribution >= 0.6 is 0 Å². The Hall–Kier alpha value is -0.890. The number of allylic oxidation sites excluding steroid dienone is 4. The fourth-order valence-corrected chi connectivity index (χ4v) is 2.32. The topological polar surface area (TPSA) is 26.3 Å². The predicted molar refractivity (Wildman–Crippen MR) is 96.2 cm³/mol. The van der Waals surface area contributed by atoms with Crippen LogP contribution in [-0.2, 0) is 9.53 Å². The Morgan fingerprint density at radius 1 is 0.727 bits per heavy atom. The maximum absolute atomic E-state index is 10.0. The van der Waals surface area contributed by atoms with Crippen molar-refractivity contribution in [2.24, 2.45) is 0 Å². The number of carbonyl (C=O) groups excluding carboxylic acids is 1. The third-order valence-electron chi connectivity index (χ3n) is 3.68. The maximum atomic E-state index is 10.0. The van der Waals surface area contributed by atoms with Crippen LogP contribution in [0.2, 0.25) is 0 Å². The highest BCUT2D eigenvalue weighted by molar-refractivity contribution is 5.50. The number of ether oxygens (including phenoxy) is 1. The van der Waals surface area contributed by atoms with E-state index in [0.29, 0.717) is 0 Å². The molecule has 0 aromatic heterocycles. The lowest BCUT2D eigenvalue weighted by atomic mass is 10.1. The fraction of sp³-hybridized carbons (Fsp3) is 0.750. The van der Waals surface area contributed by atoms with Gasteiger partial charge in [0.15, 0.2) is 0 Å². The Labute approximate surface area is 138 Å². The Morgan fingerprint density at radius 2 is 1.32 bits per heavy atom. The molecule has 0 unspecified atom stereocenters. The van der Waals surface area contributed by atoms with Gasteiger partial charge in [-0.25, -0.2) is 0 Å². The van der Waals surface area contributed by atoms with Crippen LogP contribution in [0.3, 0.4) is 0 Å². The van der Waals surface area contributed by atoms with Gasteiger partial charge in [0, 0.05) is 6.61 Å². The van der Waals surface area contributed by atoms with E-state index in [1.165, 1.54) is 64.2 Å². The Bertz CT molecular complexity index is 269. The molecule has 0 aromatic carbocycles. The smallest absolute Gasteiger partial charge is 0.145 e. The van der Waals surface area contributed by atoms with E-state index in [-0.39, 0.29) is 6.61 Å². The van der Waals surface area contributed by atoms with Crippen molar-refractivity contribution >= 4 is 6.29 Å². The first-order valence-corrected chi connectivity index (χ1v) is 9.23. The molecule has 0 rings (SSSR count). The van der Waals surface area contributed by atoms with Gasteiger partial charge in [-0.1, -0.05) is 69.8 Å². The number of unbranched alkanes of at least 4 members (excludes halogenated alkanes) is 9. The molecule has 0 radical (unpaired) electrons. The summed E-state index contributed by atoms with van der Waals surface area (Å²) in [4.78, 5) is 10.0. The number of rotatable bonds is 17. The Balaban J connectivity index is 3.12. The number of hydrogen-bond donors (Lipinski definition) is 0. The van der Waals surface area contributed by atoms with Gasteiger partial charge in [0.05, 0.1) is 0 Å². The van der Waals surface area contributed by atoms with Gasteiger partial charge in [-0.2, -0.15) is 0 Å². The molecule has 22 heavy (non-hydrogen) atoms. The summed E-state index contributed by atoms with van der Waals surface area (Å²) in [6.07, 6.45) is 25.1. The molecule has 128 valence electrons. The van der Waals surface area contributed by atoms with Crippen molar-refractivity contribution < 1.29 is 9.53 Å². The van der Waals surface area contributed by atoms with E-state index in [1.54, 1.807) is 0 Å². The van der Waals surface area contributed by atoms with Crippen LogP contribution in [0.15, 0.2) is 24.3 Å². The minimum absolute atomic E-state index is 0.250. The van der Waals surface area contributed by atoms with Crippen molar-refractivity contribution in [2.45, 2.75) is 84.0 Å². The summed E-state index contributed by atoms with van der Waals surface area (Å²) >= 11 is 0. The van der Waals surface area contributed by atoms with Crippen LogP contribution in [0.4, 0.5) is 0 Å². The second-order valence-corrected chi connectivity index (χ2v) is 5.83. The molecule has 0 aliphatic rings. The van der Waals surface area contributed by atoms with E-state index < -0.39 is 0 Å². The number of aldehydes is 1. The van der Waals surface area contributed by atoms with Crippen LogP contribution in [0.25, 0.3) is 0 Å². The molecule has 0 spiro atoms. The van der Waals surface area contributed by atoms with Crippen molar-refractivity contribution in [1.29, 1.82) is 0 Å². The molecule has 0 bridgehead atoms. The SMILES string of the molecule is CCCCC/C=C\C/C=C\CCCCCCCCOCC=O. The van der Waals surface area contributed by atoms with Crippen LogP contribution in [-0.4, -0.2) is 19.5 Å². The molecule has 0 saturated carbocycles. The number of carbonyl (C=O) groups is 1. The van der Waals surface area contributed by atoms with E-state index >= 15 is 0 Å². The molecule has 0 saturated heterocycles. The second-order valence-electron chi connectivity index (χ2n) is 5.83. The zero-order valence-electron chi connectivity index (χ0n) is 14.6. The molecule has 0 heterocycles. The highest BCUT2D eigenvalue weighted by Gasteiger charge is 1.91. The van der Waals surface area contributed by atoms with Crippen LogP contribution in [0.5, 0.6) is 0 Å². The summed E-state index contributed by atoms with van der Waals surface area (Å²) in [6, 6.07) is 0. The molecule has 2 heteroatoms. The van der Waals surface area contributed by atoms with E-state index in [2.05, 4.69) is 31.2 Å². The van der Waals surface area contributed by atoms with E-state index in [4.69, 9.17) is 4.74 Å². The van der Waals surface area contributed by atoms with Crippen molar-refractivity contribution in [2.75, 3.05) is 13.2 Å². The largest absolute Gasteiger partial charge is 0.374 e. The van der Waals surface area contributed by atoms with Crippen molar-refractivity contribution in [3.8, 4) is 0 Å². The lowest BCUT2D eigenvalue weighted by Gasteiger charge is -2.01. The summed E-state index contributed by atoms with van der Waals surface area (Å²) in [6.45, 7) is 3.23. The van der Waals surface area contributed by atoms with Gasteiger partial charge in [-0.15, -0.1) is 0 Å². The van der Waals surface area contributed by atoms with E-state index in [0.717, 1.165) is 25.7 Å². The molecule has 0 amide bonds. The average molecular weight is 309 g/mol. The summed E-state index contributed by atoms with van der Waals surface area (Å²) in [5, 5.41) is 0. The average Bonchev–Trinajstić information content (AvgIpc) is 2.54. The Kier molecular flexibility index (Phi) is 19.3. The molecular formula is C20H36O2. The Morgan fingerprint density at radius 3 is 1.95 bits per heavy atom. The van der Waals surface area contributed by atoms with Gasteiger partial charge < -0.3 is 9.53 Å². The quantitative estimate of drug-likeness (QED) is 0.187. The molecule has 0 aromatic rings. The lowest BCUT2D eigenvalue weighted by molar-refractivity contribution is -0.111. The summed E-state index contributed by atoms with van der Waals surface area (Å²) < 4.78 is 5.12. The zero-order valence-corrected chi connectivity index (χ0v) is 14.6. The third-order valence-corrected chi connectivity index (χ3v) is 3.68. The monoisotopic (exact) mass is 308 g/mol. The van der Waals surface area contributed by atoms with Gasteiger partial charge in [-0.05, 0) is 38.5 Å². The molecule has 0 atom stereocenters. The second kappa shape index (κ2) is 20.1. The fourth-order valence-electron chi connectivity index (χ4n) is 2.32. The first-order valence-electron chi connectivity index (χ1n) is 9.23. The third kappa shape index (κ3) is 19.1. The molecular weight excluding hydrogens is 272 g/mol. The maximum Gasteiger partial charge on any atom is 0.145 e. The normalized spacial score (nSPS) is 11.7. The summed E-state index contributed by atoms with van der Waals surface area (Å²) in [5.41, 5.74) is 0. The zero-order chi connectivity index (χ0) is 16.1. The van der Waals surface area contributed by atoms with Gasteiger partial charge in [0.25, 0.3) is 0 Å². The standard InChI is InChI=1S/C20H36O2/c1-2-3-4-5-6-7-8-9-10-11-12-13-14-15-16-17-19-22-20-18-21/h6-7,9-10,18H,2-5,8,11-17,19-20H2,1H3/b7-6-,10-9-. The minimum Gasteiger partial charge on any atom is -0.374 e. The van der Waals surface area contributed by atoms with Gasteiger partial charge >= 0.3 is 0 Å². The van der Waals surface area contributed by atoms with Crippen molar-refractivity contribution in [1.82, 2.24) is 0 Å². The minimum atomic E-state index is 0.250. The van der Waals surface area contributed by atoms with Crippen LogP contribution < -0.4 is 0 Å². The molecule has 0 aliphatic carbocycles. The first-order chi connectivity index (χ1) is 10.9. The van der Waals surface area contributed by atoms with E-state index in [9.17, 15) is 4.79 Å². The first kappa shape index (κ1) is 21.1. The van der Waals surface area contributed by atoms with Gasteiger partial charge in [0.2, 0.25) is 0 Å². The summed E-state index contributed by atoms with van der Waals surface area (Å²) in [5.74, 6) is 0. The number of hydrogen-bond acceptors (Lipinski definition) is 2. The van der Waals surface area contributed by atoms with Crippen molar-refractivity contribution in [3.05, 3.63) is 24.3 Å². The lowest BCUT2D eigenvalue weighted by Crippen LogP contribution is -1.97. The summed E-state index contributed by atoms with van der Waals surface area (Å²) in [7, 11) is 0. The highest BCUT2D eigenvalue weighted by atomic mass is 16.5. The van der Waals surface area contributed by atoms with Crippen LogP contribution in [0, 0.1) is 0 Å². The molecule has 0 aliphatic heterocycles. The van der Waals surface area contributed by atoms with Crippen LogP contribution in [0.1, 0.15) is 84.0 Å². The van der Waals surface area contributed by atoms with E-state index in [1.807, 2.05) is 0 Å². The molecule has 0 fully saturated rings. The van der Waals surface area contributed by atoms with Gasteiger partial charge in [0.1, 0.15) is 12.9 Å². The molecule has 2 nitrogen and oxygen atoms in total.